The smallest absolute Gasteiger partial charge is 0.127 e. The SMILES string of the molecule is CCC(C)Nc1cc(C#N)ccn1. The van der Waals surface area contributed by atoms with Crippen LogP contribution in [0.1, 0.15) is 25.8 Å². The third-order valence-corrected chi connectivity index (χ3v) is 1.90. The Morgan fingerprint density at radius 2 is 2.46 bits per heavy atom. The molecule has 1 N–H and O–H groups in total. The van der Waals surface area contributed by atoms with Crippen LogP contribution in [0.5, 0.6) is 0 Å². The molecule has 3 nitrogen and oxygen atoms in total. The number of rotatable bonds is 3. The van der Waals surface area contributed by atoms with Gasteiger partial charge >= 0.3 is 0 Å². The first-order valence-electron chi connectivity index (χ1n) is 4.39. The van der Waals surface area contributed by atoms with E-state index in [0.29, 0.717) is 11.6 Å². The molecule has 0 aliphatic heterocycles. The van der Waals surface area contributed by atoms with E-state index in [1.54, 1.807) is 18.3 Å². The van der Waals surface area contributed by atoms with Gasteiger partial charge in [-0.3, -0.25) is 0 Å². The lowest BCUT2D eigenvalue weighted by molar-refractivity contribution is 0.759. The normalized spacial score (nSPS) is 11.8. The fourth-order valence-electron chi connectivity index (χ4n) is 0.934. The molecule has 0 radical (unpaired) electrons. The zero-order valence-electron chi connectivity index (χ0n) is 7.91. The van der Waals surface area contributed by atoms with Gasteiger partial charge in [-0.1, -0.05) is 6.92 Å². The molecule has 0 fully saturated rings. The van der Waals surface area contributed by atoms with Crippen molar-refractivity contribution in [3.63, 3.8) is 0 Å². The van der Waals surface area contributed by atoms with Gasteiger partial charge in [-0.2, -0.15) is 5.26 Å². The van der Waals surface area contributed by atoms with Crippen LogP contribution in [-0.4, -0.2) is 11.0 Å². The molecule has 68 valence electrons. The van der Waals surface area contributed by atoms with E-state index in [4.69, 9.17) is 5.26 Å². The number of aromatic nitrogens is 1. The fourth-order valence-corrected chi connectivity index (χ4v) is 0.934. The van der Waals surface area contributed by atoms with E-state index in [0.717, 1.165) is 12.2 Å². The summed E-state index contributed by atoms with van der Waals surface area (Å²) in [6.07, 6.45) is 2.68. The van der Waals surface area contributed by atoms with Gasteiger partial charge in [0.1, 0.15) is 5.82 Å². The molecule has 0 saturated heterocycles. The number of nitriles is 1. The van der Waals surface area contributed by atoms with Crippen LogP contribution in [0.2, 0.25) is 0 Å². The van der Waals surface area contributed by atoms with E-state index < -0.39 is 0 Å². The van der Waals surface area contributed by atoms with Gasteiger partial charge in [0.2, 0.25) is 0 Å². The van der Waals surface area contributed by atoms with Crippen LogP contribution in [0.3, 0.4) is 0 Å². The molecular formula is C10H13N3. The molecule has 0 aromatic carbocycles. The fraction of sp³-hybridized carbons (Fsp3) is 0.400. The number of anilines is 1. The minimum absolute atomic E-state index is 0.390. The molecule has 0 saturated carbocycles. The maximum absolute atomic E-state index is 8.65. The number of hydrogen-bond acceptors (Lipinski definition) is 3. The second-order valence-corrected chi connectivity index (χ2v) is 3.00. The summed E-state index contributed by atoms with van der Waals surface area (Å²) in [5, 5.41) is 11.9. The van der Waals surface area contributed by atoms with Crippen molar-refractivity contribution in [3.8, 4) is 6.07 Å². The van der Waals surface area contributed by atoms with Crippen molar-refractivity contribution < 1.29 is 0 Å². The Kier molecular flexibility index (Phi) is 3.27. The largest absolute Gasteiger partial charge is 0.368 e. The predicted octanol–water partition coefficient (Wildman–Crippen LogP) is 2.16. The van der Waals surface area contributed by atoms with Crippen LogP contribution < -0.4 is 5.32 Å². The van der Waals surface area contributed by atoms with Gasteiger partial charge < -0.3 is 5.32 Å². The van der Waals surface area contributed by atoms with E-state index in [9.17, 15) is 0 Å². The summed E-state index contributed by atoms with van der Waals surface area (Å²) in [5.74, 6) is 0.772. The number of nitrogens with zero attached hydrogens (tertiary/aromatic N) is 2. The van der Waals surface area contributed by atoms with Crippen molar-refractivity contribution in [2.24, 2.45) is 0 Å². The van der Waals surface area contributed by atoms with Crippen LogP contribution in [-0.2, 0) is 0 Å². The number of pyridine rings is 1. The van der Waals surface area contributed by atoms with Crippen molar-refractivity contribution in [2.75, 3.05) is 5.32 Å². The second-order valence-electron chi connectivity index (χ2n) is 3.00. The zero-order chi connectivity index (χ0) is 9.68. The Balaban J connectivity index is 2.73. The Labute approximate surface area is 78.4 Å². The molecule has 1 heterocycles. The third-order valence-electron chi connectivity index (χ3n) is 1.90. The van der Waals surface area contributed by atoms with Gasteiger partial charge in [0, 0.05) is 12.2 Å². The molecular weight excluding hydrogens is 162 g/mol. The average molecular weight is 175 g/mol. The second kappa shape index (κ2) is 4.46. The molecule has 1 unspecified atom stereocenters. The van der Waals surface area contributed by atoms with E-state index in [2.05, 4.69) is 30.2 Å². The first-order valence-corrected chi connectivity index (χ1v) is 4.39. The summed E-state index contributed by atoms with van der Waals surface area (Å²) in [4.78, 5) is 4.11. The summed E-state index contributed by atoms with van der Waals surface area (Å²) in [6.45, 7) is 4.19. The summed E-state index contributed by atoms with van der Waals surface area (Å²) < 4.78 is 0. The van der Waals surface area contributed by atoms with Crippen molar-refractivity contribution in [3.05, 3.63) is 23.9 Å². The zero-order valence-corrected chi connectivity index (χ0v) is 7.91. The van der Waals surface area contributed by atoms with Crippen molar-refractivity contribution in [1.29, 1.82) is 5.26 Å². The van der Waals surface area contributed by atoms with Crippen LogP contribution in [0.15, 0.2) is 18.3 Å². The molecule has 1 aromatic heterocycles. The molecule has 3 heteroatoms. The molecule has 0 aliphatic rings. The van der Waals surface area contributed by atoms with Gasteiger partial charge in [-0.15, -0.1) is 0 Å². The molecule has 1 aromatic rings. The molecule has 1 atom stereocenters. The Morgan fingerprint density at radius 3 is 3.08 bits per heavy atom. The Morgan fingerprint density at radius 1 is 1.69 bits per heavy atom. The summed E-state index contributed by atoms with van der Waals surface area (Å²) in [7, 11) is 0. The quantitative estimate of drug-likeness (QED) is 0.765. The van der Waals surface area contributed by atoms with E-state index >= 15 is 0 Å². The summed E-state index contributed by atoms with van der Waals surface area (Å²) in [6, 6.07) is 5.92. The molecule has 0 aliphatic carbocycles. The topological polar surface area (TPSA) is 48.7 Å². The maximum atomic E-state index is 8.65. The lowest BCUT2D eigenvalue weighted by atomic mass is 10.2. The molecule has 0 bridgehead atoms. The highest BCUT2D eigenvalue weighted by Gasteiger charge is 2.00. The minimum Gasteiger partial charge on any atom is -0.368 e. The molecule has 1 rings (SSSR count). The van der Waals surface area contributed by atoms with Crippen LogP contribution in [0, 0.1) is 11.3 Å². The van der Waals surface area contributed by atoms with Gasteiger partial charge in [-0.05, 0) is 25.5 Å². The van der Waals surface area contributed by atoms with Gasteiger partial charge in [0.15, 0.2) is 0 Å². The van der Waals surface area contributed by atoms with Crippen molar-refractivity contribution >= 4 is 5.82 Å². The van der Waals surface area contributed by atoms with Gasteiger partial charge in [0.25, 0.3) is 0 Å². The molecule has 13 heavy (non-hydrogen) atoms. The minimum atomic E-state index is 0.390. The number of nitrogens with one attached hydrogen (secondary N) is 1. The van der Waals surface area contributed by atoms with Crippen LogP contribution >= 0.6 is 0 Å². The monoisotopic (exact) mass is 175 g/mol. The first kappa shape index (κ1) is 9.53. The van der Waals surface area contributed by atoms with E-state index in [1.807, 2.05) is 0 Å². The average Bonchev–Trinajstić information content (AvgIpc) is 2.18. The van der Waals surface area contributed by atoms with E-state index in [1.165, 1.54) is 0 Å². The van der Waals surface area contributed by atoms with Crippen molar-refractivity contribution in [2.45, 2.75) is 26.3 Å². The lowest BCUT2D eigenvalue weighted by Crippen LogP contribution is -2.14. The predicted molar refractivity (Wildman–Crippen MR) is 52.3 cm³/mol. The highest BCUT2D eigenvalue weighted by atomic mass is 15.0. The Bertz CT molecular complexity index is 314. The lowest BCUT2D eigenvalue weighted by Gasteiger charge is -2.11. The van der Waals surface area contributed by atoms with Gasteiger partial charge in [0.05, 0.1) is 11.6 Å². The molecule has 0 spiro atoms. The van der Waals surface area contributed by atoms with Crippen LogP contribution in [0.25, 0.3) is 0 Å². The summed E-state index contributed by atoms with van der Waals surface area (Å²) >= 11 is 0. The van der Waals surface area contributed by atoms with E-state index in [-0.39, 0.29) is 0 Å². The van der Waals surface area contributed by atoms with Crippen LogP contribution in [0.4, 0.5) is 5.82 Å². The third kappa shape index (κ3) is 2.75. The summed E-state index contributed by atoms with van der Waals surface area (Å²) in [5.41, 5.74) is 0.640. The van der Waals surface area contributed by atoms with Gasteiger partial charge in [-0.25, -0.2) is 4.98 Å². The molecule has 0 amide bonds. The maximum Gasteiger partial charge on any atom is 0.127 e. The number of hydrogen-bond donors (Lipinski definition) is 1. The highest BCUT2D eigenvalue weighted by Crippen LogP contribution is 2.07. The standard InChI is InChI=1S/C10H13N3/c1-3-8(2)13-10-6-9(7-11)4-5-12-10/h4-6,8H,3H2,1-2H3,(H,12,13). The Hall–Kier alpha value is -1.56. The first-order chi connectivity index (χ1) is 6.26. The highest BCUT2D eigenvalue weighted by molar-refractivity contribution is 5.42. The van der Waals surface area contributed by atoms with Crippen molar-refractivity contribution in [1.82, 2.24) is 4.98 Å².